The van der Waals surface area contributed by atoms with Gasteiger partial charge < -0.3 is 31.4 Å². The van der Waals surface area contributed by atoms with E-state index >= 15 is 0 Å². The first-order valence-corrected chi connectivity index (χ1v) is 10.6. The van der Waals surface area contributed by atoms with E-state index in [9.17, 15) is 0 Å². The van der Waals surface area contributed by atoms with Gasteiger partial charge in [-0.1, -0.05) is 51.2 Å². The lowest BCUT2D eigenvalue weighted by Crippen LogP contribution is -2.40. The summed E-state index contributed by atoms with van der Waals surface area (Å²) in [6.45, 7) is 3.57. The number of nitrogens with two attached hydrogens (primary N) is 2. The molecule has 1 aliphatic heterocycles. The topological polar surface area (TPSA) is 116 Å². The quantitative estimate of drug-likeness (QED) is 0.432. The number of benzene rings is 1. The number of aromatic nitrogens is 2. The minimum absolute atomic E-state index is 0.438. The minimum Gasteiger partial charge on any atom is -0.497 e. The fourth-order valence-corrected chi connectivity index (χ4v) is 3.48. The predicted molar refractivity (Wildman–Crippen MR) is 121 cm³/mol. The molecule has 0 atom stereocenters. The fraction of sp³-hybridized carbons (Fsp3) is 0.455. The molecule has 1 aromatic heterocycles. The van der Waals surface area contributed by atoms with Crippen LogP contribution in [0.5, 0.6) is 5.75 Å². The second kappa shape index (κ2) is 10.6. The molecule has 0 amide bonds. The summed E-state index contributed by atoms with van der Waals surface area (Å²) in [5, 5.41) is 7.64. The Kier molecular flexibility index (Phi) is 7.59. The number of hydrogen-bond donors (Lipinski definition) is 4. The number of aliphatic imine (C=N–C) groups is 1. The Morgan fingerprint density at radius 3 is 2.43 bits per heavy atom. The van der Waals surface area contributed by atoms with E-state index in [0.29, 0.717) is 29.5 Å². The van der Waals surface area contributed by atoms with Crippen molar-refractivity contribution >= 4 is 17.6 Å². The molecule has 0 unspecified atom stereocenters. The number of nitrogens with zero attached hydrogens (tertiary/aromatic N) is 3. The highest BCUT2D eigenvalue weighted by Crippen LogP contribution is 2.11. The molecule has 30 heavy (non-hydrogen) atoms. The number of rotatable bonds is 10. The molecule has 0 aliphatic carbocycles. The van der Waals surface area contributed by atoms with Gasteiger partial charge in [-0.05, 0) is 24.1 Å². The summed E-state index contributed by atoms with van der Waals surface area (Å²) in [4.78, 5) is 9.07. The Morgan fingerprint density at radius 2 is 1.70 bits per heavy atom. The van der Waals surface area contributed by atoms with Gasteiger partial charge in [0.15, 0.2) is 0 Å². The number of fused-ring (bicyclic) bond motifs is 1. The molecule has 1 aliphatic rings. The van der Waals surface area contributed by atoms with Crippen molar-refractivity contribution in [2.45, 2.75) is 52.0 Å². The molecule has 0 fully saturated rings. The van der Waals surface area contributed by atoms with E-state index in [-0.39, 0.29) is 0 Å². The van der Waals surface area contributed by atoms with Crippen molar-refractivity contribution in [2.24, 2.45) is 16.5 Å². The van der Waals surface area contributed by atoms with Crippen LogP contribution in [-0.2, 0) is 6.54 Å². The molecular weight excluding hydrogens is 378 g/mol. The number of nitrogens with one attached hydrogen (secondary N) is 2. The zero-order chi connectivity index (χ0) is 21.3. The van der Waals surface area contributed by atoms with E-state index in [4.69, 9.17) is 16.2 Å². The molecule has 1 aromatic carbocycles. The summed E-state index contributed by atoms with van der Waals surface area (Å²) in [5.41, 5.74) is 13.7. The van der Waals surface area contributed by atoms with Gasteiger partial charge in [0.2, 0.25) is 5.96 Å². The first-order chi connectivity index (χ1) is 14.6. The summed E-state index contributed by atoms with van der Waals surface area (Å²) in [6.07, 6.45) is 9.09. The van der Waals surface area contributed by atoms with Crippen LogP contribution >= 0.6 is 0 Å². The van der Waals surface area contributed by atoms with Gasteiger partial charge in [0, 0.05) is 13.1 Å². The monoisotopic (exact) mass is 411 g/mol. The Balaban J connectivity index is 1.72. The average Bonchev–Trinajstić information content (AvgIpc) is 3.12. The maximum atomic E-state index is 6.36. The maximum absolute atomic E-state index is 6.36. The number of ether oxygens (including phenoxy) is 1. The smallest absolute Gasteiger partial charge is 0.202 e. The molecule has 0 bridgehead atoms. The molecule has 8 nitrogen and oxygen atoms in total. The van der Waals surface area contributed by atoms with E-state index in [1.54, 1.807) is 13.4 Å². The Hall–Kier alpha value is -3.16. The van der Waals surface area contributed by atoms with Gasteiger partial charge in [0.1, 0.15) is 28.1 Å². The second-order valence-corrected chi connectivity index (χ2v) is 7.49. The molecule has 0 radical (unpaired) electrons. The van der Waals surface area contributed by atoms with Crippen LogP contribution in [-0.4, -0.2) is 29.2 Å². The van der Waals surface area contributed by atoms with Crippen LogP contribution < -0.4 is 37.5 Å². The molecular formula is C22H33N7O. The maximum Gasteiger partial charge on any atom is 0.202 e. The third kappa shape index (κ3) is 5.46. The van der Waals surface area contributed by atoms with Crippen molar-refractivity contribution in [1.29, 1.82) is 0 Å². The van der Waals surface area contributed by atoms with E-state index in [1.165, 1.54) is 32.1 Å². The molecule has 162 valence electrons. The molecule has 8 heteroatoms. The summed E-state index contributed by atoms with van der Waals surface area (Å²) in [7, 11) is 1.66. The first-order valence-electron chi connectivity index (χ1n) is 10.6. The van der Waals surface area contributed by atoms with Crippen molar-refractivity contribution in [1.82, 2.24) is 20.2 Å². The number of methoxy groups -OCH3 is 1. The fourth-order valence-electron chi connectivity index (χ4n) is 3.48. The normalized spacial score (nSPS) is 14.8. The minimum atomic E-state index is 0.438. The lowest BCUT2D eigenvalue weighted by atomic mass is 10.1. The van der Waals surface area contributed by atoms with E-state index in [2.05, 4.69) is 27.5 Å². The van der Waals surface area contributed by atoms with Gasteiger partial charge in [-0.15, -0.1) is 0 Å². The van der Waals surface area contributed by atoms with Crippen molar-refractivity contribution in [3.05, 3.63) is 46.9 Å². The third-order valence-corrected chi connectivity index (χ3v) is 5.15. The largest absolute Gasteiger partial charge is 0.497 e. The van der Waals surface area contributed by atoms with Crippen molar-refractivity contribution < 1.29 is 4.74 Å². The van der Waals surface area contributed by atoms with Gasteiger partial charge >= 0.3 is 0 Å². The van der Waals surface area contributed by atoms with Crippen molar-refractivity contribution in [2.75, 3.05) is 13.7 Å². The lowest BCUT2D eigenvalue weighted by Gasteiger charge is -2.10. The van der Waals surface area contributed by atoms with Crippen LogP contribution in [0.15, 0.2) is 35.6 Å². The average molecular weight is 412 g/mol. The van der Waals surface area contributed by atoms with Gasteiger partial charge in [-0.2, -0.15) is 0 Å². The van der Waals surface area contributed by atoms with Crippen molar-refractivity contribution in [3.63, 3.8) is 0 Å². The van der Waals surface area contributed by atoms with E-state index < -0.39 is 0 Å². The van der Waals surface area contributed by atoms with Gasteiger partial charge in [-0.25, -0.2) is 4.98 Å². The molecule has 0 spiro atoms. The number of unbranched alkanes of at least 4 members (excludes halogenated alkanes) is 5. The van der Waals surface area contributed by atoms with Crippen LogP contribution in [0.3, 0.4) is 0 Å². The van der Waals surface area contributed by atoms with Gasteiger partial charge in [0.05, 0.1) is 13.4 Å². The zero-order valence-corrected chi connectivity index (χ0v) is 17.9. The third-order valence-electron chi connectivity index (χ3n) is 5.15. The predicted octanol–water partition coefficient (Wildman–Crippen LogP) is 0.898. The highest BCUT2D eigenvalue weighted by Gasteiger charge is 2.13. The second-order valence-electron chi connectivity index (χ2n) is 7.49. The summed E-state index contributed by atoms with van der Waals surface area (Å²) in [5.74, 6) is 2.30. The number of guanidine groups is 1. The standard InChI is InChI=1S/C22H33N7O/c1-3-4-5-6-7-8-13-25-22-27-20(23)18-19(21(24)28-22)29(15-26-18)14-16-9-11-17(30-2)12-10-16/h9-12,15H,3-8,13-14,23-24H2,1-2H3,(H2,25,27,28). The Morgan fingerprint density at radius 1 is 1.00 bits per heavy atom. The highest BCUT2D eigenvalue weighted by atomic mass is 16.5. The van der Waals surface area contributed by atoms with Crippen LogP contribution in [0.1, 0.15) is 51.0 Å². The molecule has 2 heterocycles. The Bertz CT molecular complexity index is 976. The molecule has 2 aromatic rings. The van der Waals surface area contributed by atoms with E-state index in [1.807, 2.05) is 28.8 Å². The first kappa shape index (κ1) is 21.5. The number of imidazole rings is 1. The van der Waals surface area contributed by atoms with E-state index in [0.717, 1.165) is 29.6 Å². The highest BCUT2D eigenvalue weighted by molar-refractivity contribution is 5.90. The zero-order valence-electron chi connectivity index (χ0n) is 17.9. The molecule has 3 rings (SSSR count). The molecule has 6 N–H and O–H groups in total. The summed E-state index contributed by atoms with van der Waals surface area (Å²) in [6, 6.07) is 7.91. The molecule has 0 saturated carbocycles. The van der Waals surface area contributed by atoms with Crippen LogP contribution in [0.2, 0.25) is 0 Å². The SMILES string of the molecule is CCCCCCCCN=C1NC(N)=c2ncn(Cc3ccc(OC)cc3)c2=C(N)N1. The van der Waals surface area contributed by atoms with Crippen LogP contribution in [0, 0.1) is 0 Å². The van der Waals surface area contributed by atoms with Crippen molar-refractivity contribution in [3.8, 4) is 5.75 Å². The number of hydrogen-bond acceptors (Lipinski definition) is 5. The lowest BCUT2D eigenvalue weighted by molar-refractivity contribution is 0.414. The van der Waals surface area contributed by atoms with Gasteiger partial charge in [0.25, 0.3) is 0 Å². The summed E-state index contributed by atoms with van der Waals surface area (Å²) >= 11 is 0. The van der Waals surface area contributed by atoms with Crippen LogP contribution in [0.25, 0.3) is 11.6 Å². The Labute approximate surface area is 177 Å². The summed E-state index contributed by atoms with van der Waals surface area (Å²) < 4.78 is 7.20. The molecule has 0 saturated heterocycles. The van der Waals surface area contributed by atoms with Gasteiger partial charge in [-0.3, -0.25) is 4.99 Å². The van der Waals surface area contributed by atoms with Crippen LogP contribution in [0.4, 0.5) is 0 Å².